The third kappa shape index (κ3) is 3.09. The average molecular weight is 206 g/mol. The molecule has 0 atom stereocenters. The third-order valence-electron chi connectivity index (χ3n) is 2.90. The molecule has 1 aromatic rings. The summed E-state index contributed by atoms with van der Waals surface area (Å²) in [6, 6.07) is 4.71. The summed E-state index contributed by atoms with van der Waals surface area (Å²) in [5.74, 6) is 1.26. The van der Waals surface area contributed by atoms with Gasteiger partial charge in [0.05, 0.1) is 0 Å². The number of benzene rings is 1. The zero-order valence-electron chi connectivity index (χ0n) is 10.3. The number of hydrogen-bond acceptors (Lipinski definition) is 0. The van der Waals surface area contributed by atoms with Crippen molar-refractivity contribution < 1.29 is 0 Å². The molecule has 0 spiro atoms. The lowest BCUT2D eigenvalue weighted by Crippen LogP contribution is -1.99. The third-order valence-corrected chi connectivity index (χ3v) is 2.90. The van der Waals surface area contributed by atoms with Crippen LogP contribution in [0, 0.1) is 13.8 Å². The molecule has 0 saturated carbocycles. The molecule has 0 radical (unpaired) electrons. The van der Waals surface area contributed by atoms with Crippen molar-refractivity contribution in [2.45, 2.75) is 60.8 Å². The van der Waals surface area contributed by atoms with Gasteiger partial charge in [0.2, 0.25) is 0 Å². The first-order valence-electron chi connectivity index (χ1n) is 5.54. The van der Waals surface area contributed by atoms with Crippen molar-refractivity contribution in [2.24, 2.45) is 0 Å². The first-order chi connectivity index (χ1) is 6.43. The second kappa shape index (κ2) is 5.34. The standard InChI is InChI=1S/C14H22.CH4/c1-9(2)13-8-14(10(3)4)12(6)7-11(13)5;/h7-10H,1-6H3;1H4. The second-order valence-electron chi connectivity index (χ2n) is 4.87. The maximum atomic E-state index is 2.39. The van der Waals surface area contributed by atoms with Gasteiger partial charge in [-0.25, -0.2) is 0 Å². The molecule has 15 heavy (non-hydrogen) atoms. The van der Waals surface area contributed by atoms with Gasteiger partial charge in [0.25, 0.3) is 0 Å². The zero-order valence-corrected chi connectivity index (χ0v) is 10.3. The van der Waals surface area contributed by atoms with Crippen LogP contribution in [0.1, 0.15) is 69.2 Å². The van der Waals surface area contributed by atoms with Gasteiger partial charge in [-0.2, -0.15) is 0 Å². The number of hydrogen-bond donors (Lipinski definition) is 0. The van der Waals surface area contributed by atoms with Crippen LogP contribution in [0.4, 0.5) is 0 Å². The Bertz CT molecular complexity index is 290. The maximum Gasteiger partial charge on any atom is -0.0216 e. The fraction of sp³-hybridized carbons (Fsp3) is 0.600. The van der Waals surface area contributed by atoms with E-state index in [0.717, 1.165) is 0 Å². The molecule has 0 heteroatoms. The van der Waals surface area contributed by atoms with Gasteiger partial charge in [-0.15, -0.1) is 0 Å². The summed E-state index contributed by atoms with van der Waals surface area (Å²) in [5, 5.41) is 0. The van der Waals surface area contributed by atoms with Crippen molar-refractivity contribution in [3.05, 3.63) is 34.4 Å². The number of rotatable bonds is 2. The first kappa shape index (κ1) is 14.2. The first-order valence-corrected chi connectivity index (χ1v) is 5.54. The summed E-state index contributed by atoms with van der Waals surface area (Å²) >= 11 is 0. The van der Waals surface area contributed by atoms with Crippen LogP contribution < -0.4 is 0 Å². The van der Waals surface area contributed by atoms with Crippen molar-refractivity contribution in [2.75, 3.05) is 0 Å². The Morgan fingerprint density at radius 1 is 0.733 bits per heavy atom. The molecule has 1 rings (SSSR count). The summed E-state index contributed by atoms with van der Waals surface area (Å²) in [6.07, 6.45) is 0. The molecular formula is C15H26. The smallest absolute Gasteiger partial charge is 0.0216 e. The van der Waals surface area contributed by atoms with Crippen LogP contribution in [0.15, 0.2) is 12.1 Å². The summed E-state index contributed by atoms with van der Waals surface area (Å²) in [7, 11) is 0. The molecule has 86 valence electrons. The van der Waals surface area contributed by atoms with Gasteiger partial charge in [-0.05, 0) is 47.9 Å². The van der Waals surface area contributed by atoms with E-state index < -0.39 is 0 Å². The molecule has 0 aromatic heterocycles. The van der Waals surface area contributed by atoms with E-state index in [1.807, 2.05) is 0 Å². The lowest BCUT2D eigenvalue weighted by molar-refractivity contribution is 0.820. The summed E-state index contributed by atoms with van der Waals surface area (Å²) in [6.45, 7) is 13.5. The molecule has 0 N–H and O–H groups in total. The van der Waals surface area contributed by atoms with E-state index in [1.165, 1.54) is 22.3 Å². The largest absolute Gasteiger partial charge is 0.0776 e. The van der Waals surface area contributed by atoms with Gasteiger partial charge in [-0.1, -0.05) is 47.3 Å². The Hall–Kier alpha value is -0.780. The Morgan fingerprint density at radius 2 is 1.07 bits per heavy atom. The molecule has 0 nitrogen and oxygen atoms in total. The van der Waals surface area contributed by atoms with Crippen molar-refractivity contribution in [1.82, 2.24) is 0 Å². The quantitative estimate of drug-likeness (QED) is 0.625. The summed E-state index contributed by atoms with van der Waals surface area (Å²) in [5.41, 5.74) is 5.86. The Labute approximate surface area is 95.7 Å². The van der Waals surface area contributed by atoms with Crippen molar-refractivity contribution in [3.8, 4) is 0 Å². The highest BCUT2D eigenvalue weighted by Crippen LogP contribution is 2.27. The average Bonchev–Trinajstić information content (AvgIpc) is 2.02. The number of aryl methyl sites for hydroxylation is 2. The highest BCUT2D eigenvalue weighted by molar-refractivity contribution is 5.40. The molecule has 0 unspecified atom stereocenters. The normalized spacial score (nSPS) is 10.7. The van der Waals surface area contributed by atoms with Crippen LogP contribution in [0.25, 0.3) is 0 Å². The van der Waals surface area contributed by atoms with Gasteiger partial charge in [-0.3, -0.25) is 0 Å². The van der Waals surface area contributed by atoms with Crippen LogP contribution in [-0.2, 0) is 0 Å². The van der Waals surface area contributed by atoms with Crippen molar-refractivity contribution >= 4 is 0 Å². The van der Waals surface area contributed by atoms with Crippen molar-refractivity contribution in [3.63, 3.8) is 0 Å². The highest BCUT2D eigenvalue weighted by Gasteiger charge is 2.09. The maximum absolute atomic E-state index is 2.39. The van der Waals surface area contributed by atoms with Crippen LogP contribution in [0.5, 0.6) is 0 Å². The predicted molar refractivity (Wildman–Crippen MR) is 70.8 cm³/mol. The summed E-state index contributed by atoms with van der Waals surface area (Å²) < 4.78 is 0. The topological polar surface area (TPSA) is 0 Å². The van der Waals surface area contributed by atoms with Crippen LogP contribution >= 0.6 is 0 Å². The minimum Gasteiger partial charge on any atom is -0.0776 e. The van der Waals surface area contributed by atoms with Gasteiger partial charge in [0.15, 0.2) is 0 Å². The van der Waals surface area contributed by atoms with E-state index in [1.54, 1.807) is 0 Å². The molecule has 0 aliphatic rings. The monoisotopic (exact) mass is 206 g/mol. The lowest BCUT2D eigenvalue weighted by atomic mass is 9.89. The van der Waals surface area contributed by atoms with E-state index in [-0.39, 0.29) is 7.43 Å². The van der Waals surface area contributed by atoms with E-state index in [4.69, 9.17) is 0 Å². The molecule has 0 saturated heterocycles. The van der Waals surface area contributed by atoms with E-state index in [2.05, 4.69) is 53.7 Å². The Balaban J connectivity index is 0.00000196. The van der Waals surface area contributed by atoms with Crippen LogP contribution in [-0.4, -0.2) is 0 Å². The molecular weight excluding hydrogens is 180 g/mol. The van der Waals surface area contributed by atoms with Gasteiger partial charge < -0.3 is 0 Å². The van der Waals surface area contributed by atoms with E-state index in [9.17, 15) is 0 Å². The van der Waals surface area contributed by atoms with Gasteiger partial charge >= 0.3 is 0 Å². The van der Waals surface area contributed by atoms with E-state index >= 15 is 0 Å². The molecule has 0 heterocycles. The fourth-order valence-corrected chi connectivity index (χ4v) is 2.13. The van der Waals surface area contributed by atoms with Gasteiger partial charge in [0, 0.05) is 0 Å². The predicted octanol–water partition coefficient (Wildman–Crippen LogP) is 5.19. The molecule has 0 aliphatic carbocycles. The van der Waals surface area contributed by atoms with Crippen LogP contribution in [0.3, 0.4) is 0 Å². The zero-order chi connectivity index (χ0) is 10.9. The fourth-order valence-electron chi connectivity index (χ4n) is 2.13. The summed E-state index contributed by atoms with van der Waals surface area (Å²) in [4.78, 5) is 0. The highest BCUT2D eigenvalue weighted by atomic mass is 14.1. The second-order valence-corrected chi connectivity index (χ2v) is 4.87. The van der Waals surface area contributed by atoms with Crippen molar-refractivity contribution in [1.29, 1.82) is 0 Å². The minimum absolute atomic E-state index is 0. The Kier molecular flexibility index (Phi) is 5.07. The minimum atomic E-state index is 0. The Morgan fingerprint density at radius 3 is 1.33 bits per heavy atom. The lowest BCUT2D eigenvalue weighted by Gasteiger charge is -2.16. The molecule has 0 fully saturated rings. The SMILES string of the molecule is C.Cc1cc(C)c(C(C)C)cc1C(C)C. The van der Waals surface area contributed by atoms with Gasteiger partial charge in [0.1, 0.15) is 0 Å². The molecule has 1 aromatic carbocycles. The van der Waals surface area contributed by atoms with Crippen LogP contribution in [0.2, 0.25) is 0 Å². The molecule has 0 aliphatic heterocycles. The molecule has 0 amide bonds. The molecule has 0 bridgehead atoms. The van der Waals surface area contributed by atoms with E-state index in [0.29, 0.717) is 11.8 Å².